The summed E-state index contributed by atoms with van der Waals surface area (Å²) < 4.78 is 30.2. The van der Waals surface area contributed by atoms with Crippen molar-refractivity contribution < 1.29 is 24.8 Å². The van der Waals surface area contributed by atoms with E-state index in [1.165, 1.54) is 7.11 Å². The van der Waals surface area contributed by atoms with Crippen molar-refractivity contribution in [1.29, 1.82) is 0 Å². The number of carbonyl (C=O) groups excluding carboxylic acids is 1. The zero-order valence-corrected chi connectivity index (χ0v) is 16.5. The van der Waals surface area contributed by atoms with Crippen LogP contribution in [-0.2, 0) is 18.7 Å². The van der Waals surface area contributed by atoms with E-state index in [0.29, 0.717) is 5.75 Å². The van der Waals surface area contributed by atoms with Crippen LogP contribution >= 0.6 is 0 Å². The maximum Gasteiger partial charge on any atom is 0.343 e. The first kappa shape index (κ1) is 17.4. The molecule has 3 atom stereocenters. The Morgan fingerprint density at radius 3 is 2.21 bits per heavy atom. The van der Waals surface area contributed by atoms with Crippen LogP contribution in [0.25, 0.3) is 0 Å². The van der Waals surface area contributed by atoms with E-state index >= 15 is 0 Å². The first-order valence-electron chi connectivity index (χ1n) is 8.57. The summed E-state index contributed by atoms with van der Waals surface area (Å²) in [5.41, 5.74) is -0.649. The molecule has 0 radical (unpaired) electrons. The molecule has 24 heavy (non-hydrogen) atoms. The number of ether oxygens (including phenoxy) is 3. The number of hydrogen-bond acceptors (Lipinski definition) is 5. The van der Waals surface area contributed by atoms with Crippen molar-refractivity contribution in [2.45, 2.75) is 50.6 Å². The summed E-state index contributed by atoms with van der Waals surface area (Å²) in [6, 6.07) is 7.30. The molecule has 0 aliphatic carbocycles. The van der Waals surface area contributed by atoms with Crippen LogP contribution in [0, 0.1) is 0 Å². The van der Waals surface area contributed by atoms with Gasteiger partial charge in [-0.25, -0.2) is 4.79 Å². The molecule has 0 aromatic heterocycles. The SMILES string of the molecule is [2H][C@H]1O[C@@]1(C(=O)OC)[C@H](O[Si](C)(C)C(C)(C)C)c1ccc(OC)cc1. The van der Waals surface area contributed by atoms with Crippen molar-refractivity contribution >= 4 is 14.3 Å². The average Bonchev–Trinajstić information content (AvgIpc) is 3.23. The fraction of sp³-hybridized carbons (Fsp3) is 0.611. The smallest absolute Gasteiger partial charge is 0.343 e. The van der Waals surface area contributed by atoms with Gasteiger partial charge in [0, 0.05) is 0 Å². The first-order chi connectivity index (χ1) is 11.5. The van der Waals surface area contributed by atoms with Gasteiger partial charge in [0.25, 0.3) is 0 Å². The average molecular weight is 354 g/mol. The lowest BCUT2D eigenvalue weighted by atomic mass is 9.96. The molecule has 1 aromatic rings. The van der Waals surface area contributed by atoms with Gasteiger partial charge in [-0.3, -0.25) is 0 Å². The van der Waals surface area contributed by atoms with E-state index in [9.17, 15) is 4.79 Å². The van der Waals surface area contributed by atoms with Crippen molar-refractivity contribution in [3.8, 4) is 5.75 Å². The number of methoxy groups -OCH3 is 2. The fourth-order valence-electron chi connectivity index (χ4n) is 2.20. The van der Waals surface area contributed by atoms with Crippen molar-refractivity contribution in [2.75, 3.05) is 20.8 Å². The molecule has 2 rings (SSSR count). The summed E-state index contributed by atoms with van der Waals surface area (Å²) in [5.74, 6) is 0.133. The van der Waals surface area contributed by atoms with E-state index in [1.807, 2.05) is 24.3 Å². The van der Waals surface area contributed by atoms with Crippen LogP contribution < -0.4 is 4.74 Å². The first-order valence-corrected chi connectivity index (χ1v) is 10.9. The zero-order chi connectivity index (χ0) is 19.0. The molecule has 0 unspecified atom stereocenters. The van der Waals surface area contributed by atoms with Gasteiger partial charge in [0.05, 0.1) is 22.2 Å². The molecule has 0 bridgehead atoms. The standard InChI is InChI=1S/C18H28O5Si/c1-17(2,3)24(6,7)23-15(18(12-22-18)16(19)21-5)13-8-10-14(20-4)11-9-13/h8-11,15H,12H2,1-7H3/t15-,18-/m1/s1/i12D/t12-,15-,18-. The van der Waals surface area contributed by atoms with Crippen LogP contribution in [0.3, 0.4) is 0 Å². The molecule has 1 fully saturated rings. The number of benzene rings is 1. The second kappa shape index (κ2) is 6.50. The topological polar surface area (TPSA) is 57.3 Å². The van der Waals surface area contributed by atoms with E-state index in [4.69, 9.17) is 20.0 Å². The Labute approximate surface area is 146 Å². The molecule has 5 nitrogen and oxygen atoms in total. The lowest BCUT2D eigenvalue weighted by Gasteiger charge is -2.40. The lowest BCUT2D eigenvalue weighted by molar-refractivity contribution is -0.151. The molecule has 6 heteroatoms. The van der Waals surface area contributed by atoms with Gasteiger partial charge in [0.1, 0.15) is 11.9 Å². The van der Waals surface area contributed by atoms with Gasteiger partial charge in [0.2, 0.25) is 5.60 Å². The predicted molar refractivity (Wildman–Crippen MR) is 94.7 cm³/mol. The summed E-state index contributed by atoms with van der Waals surface area (Å²) in [5, 5.41) is -0.0541. The summed E-state index contributed by atoms with van der Waals surface area (Å²) >= 11 is 0. The highest BCUT2D eigenvalue weighted by atomic mass is 28.4. The van der Waals surface area contributed by atoms with Crippen molar-refractivity contribution in [1.82, 2.24) is 0 Å². The normalized spacial score (nSPS) is 25.6. The maximum atomic E-state index is 12.4. The minimum Gasteiger partial charge on any atom is -0.497 e. The second-order valence-corrected chi connectivity index (χ2v) is 12.3. The molecule has 0 amide bonds. The molecule has 0 spiro atoms. The van der Waals surface area contributed by atoms with E-state index in [0.717, 1.165) is 5.56 Å². The van der Waals surface area contributed by atoms with Crippen LogP contribution in [0.1, 0.15) is 33.8 Å². The van der Waals surface area contributed by atoms with Crippen LogP contribution in [0.4, 0.5) is 0 Å². The highest BCUT2D eigenvalue weighted by molar-refractivity contribution is 6.74. The minimum absolute atomic E-state index is 0.0541. The maximum absolute atomic E-state index is 12.4. The van der Waals surface area contributed by atoms with Gasteiger partial charge in [-0.1, -0.05) is 32.9 Å². The number of epoxide rings is 1. The third-order valence-electron chi connectivity index (χ3n) is 4.90. The monoisotopic (exact) mass is 353 g/mol. The Morgan fingerprint density at radius 2 is 1.83 bits per heavy atom. The zero-order valence-electron chi connectivity index (χ0n) is 16.5. The van der Waals surface area contributed by atoms with Gasteiger partial charge in [-0.15, -0.1) is 0 Å². The molecule has 1 aromatic carbocycles. The van der Waals surface area contributed by atoms with E-state index in [1.54, 1.807) is 7.11 Å². The molecular weight excluding hydrogens is 324 g/mol. The Morgan fingerprint density at radius 1 is 1.29 bits per heavy atom. The summed E-state index contributed by atoms with van der Waals surface area (Å²) in [4.78, 5) is 12.4. The minimum atomic E-state index is -2.23. The van der Waals surface area contributed by atoms with Gasteiger partial charge in [-0.2, -0.15) is 0 Å². The lowest BCUT2D eigenvalue weighted by Crippen LogP contribution is -2.46. The van der Waals surface area contributed by atoms with Crippen molar-refractivity contribution in [3.05, 3.63) is 29.8 Å². The third kappa shape index (κ3) is 3.50. The number of hydrogen-bond donors (Lipinski definition) is 0. The van der Waals surface area contributed by atoms with Crippen LogP contribution in [0.5, 0.6) is 5.75 Å². The van der Waals surface area contributed by atoms with Gasteiger partial charge in [0.15, 0.2) is 8.32 Å². The summed E-state index contributed by atoms with van der Waals surface area (Å²) in [7, 11) is 0.664. The summed E-state index contributed by atoms with van der Waals surface area (Å²) in [6.45, 7) is 9.59. The highest BCUT2D eigenvalue weighted by Crippen LogP contribution is 2.48. The molecule has 1 aliphatic rings. The summed E-state index contributed by atoms with van der Waals surface area (Å²) in [6.07, 6.45) is -0.700. The molecule has 1 aliphatic heterocycles. The number of rotatable bonds is 6. The van der Waals surface area contributed by atoms with E-state index < -0.39 is 32.6 Å². The highest BCUT2D eigenvalue weighted by Gasteiger charge is 2.62. The predicted octanol–water partition coefficient (Wildman–Crippen LogP) is 3.70. The molecule has 1 heterocycles. The molecular formula is C18H28O5Si. The van der Waals surface area contributed by atoms with Crippen molar-refractivity contribution in [3.63, 3.8) is 0 Å². The Balaban J connectivity index is 2.47. The Bertz CT molecular complexity index is 625. The number of carbonyl (C=O) groups is 1. The van der Waals surface area contributed by atoms with E-state index in [-0.39, 0.29) is 5.04 Å². The van der Waals surface area contributed by atoms with E-state index in [2.05, 4.69) is 33.9 Å². The van der Waals surface area contributed by atoms with Crippen molar-refractivity contribution in [2.24, 2.45) is 0 Å². The molecule has 1 saturated heterocycles. The van der Waals surface area contributed by atoms with Gasteiger partial charge >= 0.3 is 5.97 Å². The van der Waals surface area contributed by atoms with Crippen LogP contribution in [-0.4, -0.2) is 40.7 Å². The largest absolute Gasteiger partial charge is 0.497 e. The third-order valence-corrected chi connectivity index (χ3v) is 9.34. The van der Waals surface area contributed by atoms with Gasteiger partial charge < -0.3 is 18.6 Å². The Hall–Kier alpha value is -1.37. The second-order valence-electron chi connectivity index (χ2n) is 7.55. The Kier molecular flexibility index (Phi) is 4.73. The molecule has 0 N–H and O–H groups in total. The molecule has 134 valence electrons. The fourth-order valence-corrected chi connectivity index (χ4v) is 3.46. The van der Waals surface area contributed by atoms with Crippen LogP contribution in [0.2, 0.25) is 18.1 Å². The number of esters is 1. The van der Waals surface area contributed by atoms with Crippen LogP contribution in [0.15, 0.2) is 24.3 Å². The van der Waals surface area contributed by atoms with Gasteiger partial charge in [-0.05, 0) is 35.8 Å². The molecule has 0 saturated carbocycles. The quantitative estimate of drug-likeness (QED) is 0.443.